The third-order valence-corrected chi connectivity index (χ3v) is 6.71. The second kappa shape index (κ2) is 4.82. The van der Waals surface area contributed by atoms with Gasteiger partial charge in [-0.2, -0.15) is 11.3 Å². The average molecular weight is 304 g/mol. The highest BCUT2D eigenvalue weighted by molar-refractivity contribution is 7.08. The first kappa shape index (κ1) is 13.8. The van der Waals surface area contributed by atoms with E-state index in [2.05, 4.69) is 40.9 Å². The minimum Gasteiger partial charge on any atom is -0.318 e. The maximum Gasteiger partial charge on any atom is 0.244 e. The Labute approximate surface area is 130 Å². The molecule has 3 fully saturated rings. The predicted octanol–water partition coefficient (Wildman–Crippen LogP) is 3.54. The number of rotatable bonds is 3. The van der Waals surface area contributed by atoms with Crippen molar-refractivity contribution in [2.45, 2.75) is 63.7 Å². The highest BCUT2D eigenvalue weighted by Crippen LogP contribution is 2.50. The van der Waals surface area contributed by atoms with Gasteiger partial charge in [-0.3, -0.25) is 10.1 Å². The van der Waals surface area contributed by atoms with Gasteiger partial charge in [0.25, 0.3) is 0 Å². The Morgan fingerprint density at radius 2 is 2.24 bits per heavy atom. The molecule has 3 nitrogen and oxygen atoms in total. The van der Waals surface area contributed by atoms with E-state index in [1.54, 1.807) is 11.3 Å². The second-order valence-electron chi connectivity index (χ2n) is 7.07. The minimum absolute atomic E-state index is 0.106. The standard InChI is InChI=1S/C17H24N2OS/c1-3-12-4-5-14(11(12)2)19-15(13-6-9-21-10-13)18-17(7-8-17)16(19)20/h6,9-12,14-15,18H,3-5,7-8H2,1-2H3. The van der Waals surface area contributed by atoms with Gasteiger partial charge in [-0.15, -0.1) is 0 Å². The van der Waals surface area contributed by atoms with Crippen LogP contribution in [0.15, 0.2) is 16.8 Å². The third kappa shape index (κ3) is 1.99. The van der Waals surface area contributed by atoms with Crippen molar-refractivity contribution < 1.29 is 4.79 Å². The molecular weight excluding hydrogens is 280 g/mol. The fraction of sp³-hybridized carbons (Fsp3) is 0.706. The van der Waals surface area contributed by atoms with Crippen LogP contribution in [0.2, 0.25) is 0 Å². The van der Waals surface area contributed by atoms with Crippen molar-refractivity contribution in [3.05, 3.63) is 22.4 Å². The lowest BCUT2D eigenvalue weighted by molar-refractivity contribution is -0.133. The summed E-state index contributed by atoms with van der Waals surface area (Å²) < 4.78 is 0. The van der Waals surface area contributed by atoms with Gasteiger partial charge in [-0.25, -0.2) is 0 Å². The smallest absolute Gasteiger partial charge is 0.244 e. The van der Waals surface area contributed by atoms with Gasteiger partial charge in [0.15, 0.2) is 0 Å². The maximum atomic E-state index is 13.0. The summed E-state index contributed by atoms with van der Waals surface area (Å²) in [7, 11) is 0. The van der Waals surface area contributed by atoms with Crippen LogP contribution >= 0.6 is 11.3 Å². The summed E-state index contributed by atoms with van der Waals surface area (Å²) in [6.07, 6.45) is 5.82. The lowest BCUT2D eigenvalue weighted by Crippen LogP contribution is -2.42. The highest BCUT2D eigenvalue weighted by atomic mass is 32.1. The van der Waals surface area contributed by atoms with E-state index in [-0.39, 0.29) is 11.7 Å². The number of carbonyl (C=O) groups excluding carboxylic acids is 1. The van der Waals surface area contributed by atoms with Crippen molar-refractivity contribution in [2.75, 3.05) is 0 Å². The zero-order valence-corrected chi connectivity index (χ0v) is 13.7. The molecule has 0 aromatic carbocycles. The Balaban J connectivity index is 1.66. The van der Waals surface area contributed by atoms with Crippen LogP contribution in [0, 0.1) is 11.8 Å². The zero-order chi connectivity index (χ0) is 14.6. The molecule has 1 aliphatic heterocycles. The average Bonchev–Trinajstić information content (AvgIpc) is 2.84. The van der Waals surface area contributed by atoms with E-state index in [1.807, 2.05) is 0 Å². The summed E-state index contributed by atoms with van der Waals surface area (Å²) in [6, 6.07) is 2.58. The Morgan fingerprint density at radius 3 is 2.81 bits per heavy atom. The molecule has 0 bridgehead atoms. The molecule has 1 aromatic rings. The van der Waals surface area contributed by atoms with Crippen molar-refractivity contribution in [1.29, 1.82) is 0 Å². The molecule has 2 aliphatic carbocycles. The molecule has 0 radical (unpaired) electrons. The number of amides is 1. The molecule has 1 saturated heterocycles. The maximum absolute atomic E-state index is 13.0. The third-order valence-electron chi connectivity index (χ3n) is 6.01. The SMILES string of the molecule is CCC1CCC(N2C(=O)C3(CC3)NC2c2ccsc2)C1C. The van der Waals surface area contributed by atoms with Crippen LogP contribution in [-0.4, -0.2) is 22.4 Å². The van der Waals surface area contributed by atoms with Crippen LogP contribution in [0.25, 0.3) is 0 Å². The fourth-order valence-corrected chi connectivity index (χ4v) is 5.13. The van der Waals surface area contributed by atoms with Crippen LogP contribution < -0.4 is 5.32 Å². The number of hydrogen-bond donors (Lipinski definition) is 1. The summed E-state index contributed by atoms with van der Waals surface area (Å²) in [5, 5.41) is 7.96. The molecule has 1 amide bonds. The van der Waals surface area contributed by atoms with E-state index in [0.717, 1.165) is 18.8 Å². The normalized spacial score (nSPS) is 37.6. The van der Waals surface area contributed by atoms with Gasteiger partial charge in [0, 0.05) is 6.04 Å². The largest absolute Gasteiger partial charge is 0.318 e. The van der Waals surface area contributed by atoms with Gasteiger partial charge in [0.1, 0.15) is 11.7 Å². The molecule has 114 valence electrons. The summed E-state index contributed by atoms with van der Waals surface area (Å²) in [5.74, 6) is 1.77. The predicted molar refractivity (Wildman–Crippen MR) is 85.0 cm³/mol. The molecule has 4 unspecified atom stereocenters. The van der Waals surface area contributed by atoms with Crippen molar-refractivity contribution in [2.24, 2.45) is 11.8 Å². The van der Waals surface area contributed by atoms with Crippen LogP contribution in [0.5, 0.6) is 0 Å². The van der Waals surface area contributed by atoms with Gasteiger partial charge >= 0.3 is 0 Å². The lowest BCUT2D eigenvalue weighted by atomic mass is 9.92. The molecule has 1 spiro atoms. The van der Waals surface area contributed by atoms with Gasteiger partial charge in [-0.05, 0) is 59.9 Å². The van der Waals surface area contributed by atoms with E-state index in [4.69, 9.17) is 0 Å². The number of hydrogen-bond acceptors (Lipinski definition) is 3. The minimum atomic E-state index is -0.212. The summed E-state index contributed by atoms with van der Waals surface area (Å²) >= 11 is 1.72. The van der Waals surface area contributed by atoms with Gasteiger partial charge in [0.05, 0.1) is 0 Å². The van der Waals surface area contributed by atoms with Gasteiger partial charge in [-0.1, -0.05) is 20.3 Å². The van der Waals surface area contributed by atoms with Gasteiger partial charge in [0.2, 0.25) is 5.91 Å². The van der Waals surface area contributed by atoms with Crippen molar-refractivity contribution in [3.63, 3.8) is 0 Å². The summed E-state index contributed by atoms with van der Waals surface area (Å²) in [4.78, 5) is 15.2. The van der Waals surface area contributed by atoms with Crippen LogP contribution in [-0.2, 0) is 4.79 Å². The van der Waals surface area contributed by atoms with E-state index < -0.39 is 0 Å². The second-order valence-corrected chi connectivity index (χ2v) is 7.85. The molecule has 21 heavy (non-hydrogen) atoms. The Bertz CT molecular complexity index is 537. The van der Waals surface area contributed by atoms with Crippen LogP contribution in [0.1, 0.15) is 57.7 Å². The first-order valence-electron chi connectivity index (χ1n) is 8.29. The van der Waals surface area contributed by atoms with E-state index >= 15 is 0 Å². The number of nitrogens with zero attached hydrogens (tertiary/aromatic N) is 1. The Kier molecular flexibility index (Phi) is 3.16. The molecule has 3 aliphatic rings. The molecule has 4 rings (SSSR count). The topological polar surface area (TPSA) is 32.3 Å². The summed E-state index contributed by atoms with van der Waals surface area (Å²) in [6.45, 7) is 4.63. The fourth-order valence-electron chi connectivity index (χ4n) is 4.45. The first-order chi connectivity index (χ1) is 10.2. The van der Waals surface area contributed by atoms with Gasteiger partial charge < -0.3 is 4.90 Å². The summed E-state index contributed by atoms with van der Waals surface area (Å²) in [5.41, 5.74) is 1.06. The molecule has 4 atom stereocenters. The first-order valence-corrected chi connectivity index (χ1v) is 9.23. The highest BCUT2D eigenvalue weighted by Gasteiger charge is 2.61. The molecular formula is C17H24N2OS. The Morgan fingerprint density at radius 1 is 1.43 bits per heavy atom. The van der Waals surface area contributed by atoms with E-state index in [0.29, 0.717) is 17.9 Å². The van der Waals surface area contributed by atoms with Crippen molar-refractivity contribution in [1.82, 2.24) is 10.2 Å². The number of nitrogens with one attached hydrogen (secondary N) is 1. The van der Waals surface area contributed by atoms with Crippen LogP contribution in [0.4, 0.5) is 0 Å². The van der Waals surface area contributed by atoms with E-state index in [1.165, 1.54) is 24.8 Å². The molecule has 2 heterocycles. The quantitative estimate of drug-likeness (QED) is 0.926. The van der Waals surface area contributed by atoms with E-state index in [9.17, 15) is 4.79 Å². The Hall–Kier alpha value is -0.870. The lowest BCUT2D eigenvalue weighted by Gasteiger charge is -2.33. The molecule has 2 saturated carbocycles. The molecule has 1 N–H and O–H groups in total. The molecule has 4 heteroatoms. The zero-order valence-electron chi connectivity index (χ0n) is 12.8. The van der Waals surface area contributed by atoms with Crippen molar-refractivity contribution in [3.8, 4) is 0 Å². The number of thiophene rings is 1. The van der Waals surface area contributed by atoms with Crippen molar-refractivity contribution >= 4 is 17.2 Å². The van der Waals surface area contributed by atoms with Crippen LogP contribution in [0.3, 0.4) is 0 Å². The number of carbonyl (C=O) groups is 1. The monoisotopic (exact) mass is 304 g/mol. The molecule has 1 aromatic heterocycles.